The maximum absolute atomic E-state index is 12.5. The Morgan fingerprint density at radius 1 is 1.42 bits per heavy atom. The molecule has 1 aliphatic carbocycles. The van der Waals surface area contributed by atoms with Gasteiger partial charge in [0, 0.05) is 18.5 Å². The van der Waals surface area contributed by atoms with Gasteiger partial charge in [-0.2, -0.15) is 0 Å². The summed E-state index contributed by atoms with van der Waals surface area (Å²) in [5.74, 6) is 0.533. The summed E-state index contributed by atoms with van der Waals surface area (Å²) in [5, 5.41) is 12.6. The smallest absolute Gasteiger partial charge is 0.263 e. The van der Waals surface area contributed by atoms with E-state index in [1.54, 1.807) is 23.0 Å². The highest BCUT2D eigenvalue weighted by Crippen LogP contribution is 2.33. The summed E-state index contributed by atoms with van der Waals surface area (Å²) in [6, 6.07) is 0. The van der Waals surface area contributed by atoms with Gasteiger partial charge in [0.05, 0.1) is 12.0 Å². The average molecular weight is 279 g/mol. The number of nitrogens with zero attached hydrogens (tertiary/aromatic N) is 2. The number of aromatic nitrogens is 2. The Morgan fingerprint density at radius 3 is 3.00 bits per heavy atom. The van der Waals surface area contributed by atoms with Crippen LogP contribution in [-0.2, 0) is 19.9 Å². The van der Waals surface area contributed by atoms with Crippen LogP contribution in [0.15, 0.2) is 4.79 Å². The predicted octanol–water partition coefficient (Wildman–Crippen LogP) is 1.28. The third kappa shape index (κ3) is 2.04. The largest absolute Gasteiger partial charge is 0.395 e. The number of aryl methyl sites for hydroxylation is 2. The van der Waals surface area contributed by atoms with Crippen molar-refractivity contribution in [1.82, 2.24) is 9.55 Å². The molecule has 0 radical (unpaired) electrons. The Labute approximate surface area is 114 Å². The number of anilines is 1. The molecule has 0 saturated heterocycles. The van der Waals surface area contributed by atoms with Gasteiger partial charge in [-0.15, -0.1) is 11.3 Å². The summed E-state index contributed by atoms with van der Waals surface area (Å²) in [6.45, 7) is 0.422. The summed E-state index contributed by atoms with van der Waals surface area (Å²) in [6.07, 6.45) is 4.43. The number of aliphatic hydroxyl groups is 1. The van der Waals surface area contributed by atoms with Gasteiger partial charge < -0.3 is 10.4 Å². The Morgan fingerprint density at radius 2 is 2.21 bits per heavy atom. The third-order valence-corrected chi connectivity index (χ3v) is 4.78. The van der Waals surface area contributed by atoms with E-state index in [1.165, 1.54) is 16.9 Å². The molecular formula is C13H17N3O2S. The lowest BCUT2D eigenvalue weighted by Gasteiger charge is -2.11. The monoisotopic (exact) mass is 279 g/mol. The number of rotatable bonds is 3. The lowest BCUT2D eigenvalue weighted by molar-refractivity contribution is 0.310. The first kappa shape index (κ1) is 12.6. The zero-order valence-corrected chi connectivity index (χ0v) is 11.7. The molecule has 102 valence electrons. The lowest BCUT2D eigenvalue weighted by atomic mass is 9.97. The van der Waals surface area contributed by atoms with Crippen molar-refractivity contribution in [3.63, 3.8) is 0 Å². The van der Waals surface area contributed by atoms with Crippen molar-refractivity contribution in [2.75, 3.05) is 18.5 Å². The van der Waals surface area contributed by atoms with Crippen molar-refractivity contribution in [3.8, 4) is 0 Å². The number of nitrogens with one attached hydrogen (secondary N) is 1. The molecule has 2 N–H and O–H groups in total. The highest BCUT2D eigenvalue weighted by molar-refractivity contribution is 7.18. The van der Waals surface area contributed by atoms with E-state index in [4.69, 9.17) is 5.11 Å². The number of thiophene rings is 1. The number of fused-ring (bicyclic) bond motifs is 3. The quantitative estimate of drug-likeness (QED) is 0.888. The maximum atomic E-state index is 12.5. The summed E-state index contributed by atoms with van der Waals surface area (Å²) in [4.78, 5) is 19.2. The summed E-state index contributed by atoms with van der Waals surface area (Å²) in [5.41, 5.74) is 1.23. The molecule has 2 aromatic rings. The van der Waals surface area contributed by atoms with E-state index in [0.717, 1.165) is 29.5 Å². The second kappa shape index (κ2) is 4.94. The Bertz CT molecular complexity index is 675. The van der Waals surface area contributed by atoms with Crippen molar-refractivity contribution in [1.29, 1.82) is 0 Å². The molecule has 1 aliphatic rings. The van der Waals surface area contributed by atoms with Gasteiger partial charge in [0.2, 0.25) is 5.95 Å². The van der Waals surface area contributed by atoms with Crippen LogP contribution in [0.3, 0.4) is 0 Å². The van der Waals surface area contributed by atoms with Crippen LogP contribution in [0.25, 0.3) is 10.2 Å². The van der Waals surface area contributed by atoms with Crippen molar-refractivity contribution in [2.45, 2.75) is 25.7 Å². The Balaban J connectivity index is 2.19. The van der Waals surface area contributed by atoms with E-state index in [9.17, 15) is 4.79 Å². The fourth-order valence-corrected chi connectivity index (χ4v) is 3.86. The van der Waals surface area contributed by atoms with E-state index in [0.29, 0.717) is 12.5 Å². The third-order valence-electron chi connectivity index (χ3n) is 3.59. The predicted molar refractivity (Wildman–Crippen MR) is 77.1 cm³/mol. The Hall–Kier alpha value is -1.40. The van der Waals surface area contributed by atoms with Gasteiger partial charge in [-0.3, -0.25) is 9.36 Å². The van der Waals surface area contributed by atoms with E-state index in [2.05, 4.69) is 10.3 Å². The number of hydrogen-bond acceptors (Lipinski definition) is 5. The van der Waals surface area contributed by atoms with E-state index in [-0.39, 0.29) is 12.2 Å². The first-order valence-corrected chi connectivity index (χ1v) is 7.40. The lowest BCUT2D eigenvalue weighted by Crippen LogP contribution is -2.23. The van der Waals surface area contributed by atoms with Crippen molar-refractivity contribution < 1.29 is 5.11 Å². The molecule has 3 rings (SSSR count). The molecule has 0 spiro atoms. The Kier molecular flexibility index (Phi) is 3.28. The SMILES string of the molecule is Cn1c(NCCO)nc2sc3c(c2c1=O)CCCC3. The van der Waals surface area contributed by atoms with Crippen LogP contribution in [0.4, 0.5) is 5.95 Å². The molecule has 0 amide bonds. The second-order valence-electron chi connectivity index (χ2n) is 4.84. The minimum absolute atomic E-state index is 0.0184. The standard InChI is InChI=1S/C13H17N3O2S/c1-16-12(18)10-8-4-2-3-5-9(8)19-11(10)15-13(16)14-6-7-17/h17H,2-7H2,1H3,(H,14,15). The van der Waals surface area contributed by atoms with Gasteiger partial charge in [-0.25, -0.2) is 4.98 Å². The molecular weight excluding hydrogens is 262 g/mol. The van der Waals surface area contributed by atoms with Gasteiger partial charge >= 0.3 is 0 Å². The van der Waals surface area contributed by atoms with Crippen LogP contribution in [-0.4, -0.2) is 27.8 Å². The second-order valence-corrected chi connectivity index (χ2v) is 5.92. The minimum Gasteiger partial charge on any atom is -0.395 e. The van der Waals surface area contributed by atoms with E-state index < -0.39 is 0 Å². The molecule has 6 heteroatoms. The first-order chi connectivity index (χ1) is 9.22. The normalized spacial score (nSPS) is 14.6. The zero-order chi connectivity index (χ0) is 13.4. The van der Waals surface area contributed by atoms with E-state index >= 15 is 0 Å². The molecule has 0 aliphatic heterocycles. The summed E-state index contributed by atoms with van der Waals surface area (Å²) in [7, 11) is 1.72. The fourth-order valence-electron chi connectivity index (χ4n) is 2.61. The van der Waals surface area contributed by atoms with Gasteiger partial charge in [0.1, 0.15) is 4.83 Å². The zero-order valence-electron chi connectivity index (χ0n) is 10.9. The van der Waals surface area contributed by atoms with Crippen molar-refractivity contribution in [3.05, 3.63) is 20.8 Å². The van der Waals surface area contributed by atoms with Crippen LogP contribution in [0.5, 0.6) is 0 Å². The molecule has 0 fully saturated rings. The van der Waals surface area contributed by atoms with Gasteiger partial charge in [-0.1, -0.05) is 0 Å². The topological polar surface area (TPSA) is 67.2 Å². The first-order valence-electron chi connectivity index (χ1n) is 6.58. The van der Waals surface area contributed by atoms with Crippen molar-refractivity contribution >= 4 is 27.5 Å². The van der Waals surface area contributed by atoms with Crippen molar-refractivity contribution in [2.24, 2.45) is 7.05 Å². The highest BCUT2D eigenvalue weighted by atomic mass is 32.1. The van der Waals surface area contributed by atoms with Gasteiger partial charge in [0.15, 0.2) is 0 Å². The van der Waals surface area contributed by atoms with Gasteiger partial charge in [-0.05, 0) is 31.2 Å². The highest BCUT2D eigenvalue weighted by Gasteiger charge is 2.20. The fraction of sp³-hybridized carbons (Fsp3) is 0.538. The number of aliphatic hydroxyl groups excluding tert-OH is 1. The molecule has 19 heavy (non-hydrogen) atoms. The molecule has 2 heterocycles. The van der Waals surface area contributed by atoms with Crippen LogP contribution in [0, 0.1) is 0 Å². The molecule has 0 aromatic carbocycles. The van der Waals surface area contributed by atoms with Crippen LogP contribution < -0.4 is 10.9 Å². The number of hydrogen-bond donors (Lipinski definition) is 2. The summed E-state index contributed by atoms with van der Waals surface area (Å²) < 4.78 is 1.54. The van der Waals surface area contributed by atoms with Crippen LogP contribution >= 0.6 is 11.3 Å². The molecule has 5 nitrogen and oxygen atoms in total. The molecule has 0 saturated carbocycles. The molecule has 0 atom stereocenters. The molecule has 2 aromatic heterocycles. The van der Waals surface area contributed by atoms with Crippen LogP contribution in [0.1, 0.15) is 23.3 Å². The minimum atomic E-state index is 0.0184. The molecule has 0 bridgehead atoms. The van der Waals surface area contributed by atoms with Gasteiger partial charge in [0.25, 0.3) is 5.56 Å². The summed E-state index contributed by atoms with van der Waals surface area (Å²) >= 11 is 1.64. The van der Waals surface area contributed by atoms with Crippen LogP contribution in [0.2, 0.25) is 0 Å². The average Bonchev–Trinajstić information content (AvgIpc) is 2.79. The molecule has 0 unspecified atom stereocenters. The maximum Gasteiger partial charge on any atom is 0.263 e. The van der Waals surface area contributed by atoms with E-state index in [1.807, 2.05) is 0 Å².